The molecule has 1 aromatic heterocycles. The summed E-state index contributed by atoms with van der Waals surface area (Å²) >= 11 is 0. The molecular formula is C20H13NO4. The number of hydrogen-bond donors (Lipinski definition) is 2. The Balaban J connectivity index is 2.26. The molecule has 5 heteroatoms. The highest BCUT2D eigenvalue weighted by atomic mass is 16.4. The van der Waals surface area contributed by atoms with Crippen molar-refractivity contribution in [2.24, 2.45) is 0 Å². The Labute approximate surface area is 142 Å². The Morgan fingerprint density at radius 2 is 1.08 bits per heavy atom. The number of aromatic nitrogens is 1. The quantitative estimate of drug-likeness (QED) is 0.590. The maximum Gasteiger partial charge on any atom is 0.337 e. The molecule has 4 rings (SSSR count). The first-order chi connectivity index (χ1) is 12.1. The SMILES string of the molecule is O=C(O)c1cccc(C(=O)O)c1-n1c2ccccc2c2ccccc21. The molecule has 0 aliphatic heterocycles. The first-order valence-corrected chi connectivity index (χ1v) is 7.67. The molecule has 0 saturated carbocycles. The van der Waals surface area contributed by atoms with Crippen molar-refractivity contribution in [1.29, 1.82) is 0 Å². The second-order valence-electron chi connectivity index (χ2n) is 5.68. The minimum atomic E-state index is -1.17. The fourth-order valence-electron chi connectivity index (χ4n) is 3.29. The summed E-state index contributed by atoms with van der Waals surface area (Å²) in [4.78, 5) is 23.5. The van der Waals surface area contributed by atoms with Gasteiger partial charge >= 0.3 is 11.9 Å². The van der Waals surface area contributed by atoms with Gasteiger partial charge in [-0.25, -0.2) is 9.59 Å². The van der Waals surface area contributed by atoms with Crippen molar-refractivity contribution < 1.29 is 19.8 Å². The molecule has 4 aromatic rings. The molecule has 0 bridgehead atoms. The van der Waals surface area contributed by atoms with Crippen LogP contribution in [0.1, 0.15) is 20.7 Å². The second kappa shape index (κ2) is 5.49. The third-order valence-electron chi connectivity index (χ3n) is 4.30. The van der Waals surface area contributed by atoms with Gasteiger partial charge in [-0.3, -0.25) is 0 Å². The Bertz CT molecular complexity index is 1070. The van der Waals surface area contributed by atoms with E-state index in [1.807, 2.05) is 48.5 Å². The van der Waals surface area contributed by atoms with Crippen molar-refractivity contribution >= 4 is 33.7 Å². The lowest BCUT2D eigenvalue weighted by molar-refractivity contribution is 0.0696. The predicted octanol–water partition coefficient (Wildman–Crippen LogP) is 4.18. The van der Waals surface area contributed by atoms with Gasteiger partial charge in [-0.2, -0.15) is 0 Å². The van der Waals surface area contributed by atoms with E-state index in [0.717, 1.165) is 21.8 Å². The molecule has 1 heterocycles. The summed E-state index contributed by atoms with van der Waals surface area (Å²) in [5.74, 6) is -2.33. The van der Waals surface area contributed by atoms with Crippen LogP contribution in [-0.4, -0.2) is 26.7 Å². The topological polar surface area (TPSA) is 79.5 Å². The average molecular weight is 331 g/mol. The number of aromatic carboxylic acids is 2. The van der Waals surface area contributed by atoms with Gasteiger partial charge < -0.3 is 14.8 Å². The summed E-state index contributed by atoms with van der Waals surface area (Å²) in [6.07, 6.45) is 0. The van der Waals surface area contributed by atoms with E-state index in [-0.39, 0.29) is 16.8 Å². The molecule has 122 valence electrons. The monoisotopic (exact) mass is 331 g/mol. The van der Waals surface area contributed by atoms with Crippen molar-refractivity contribution in [3.63, 3.8) is 0 Å². The summed E-state index contributed by atoms with van der Waals surface area (Å²) in [5, 5.41) is 21.1. The minimum absolute atomic E-state index is 0.0496. The fraction of sp³-hybridized carbons (Fsp3) is 0. The highest BCUT2D eigenvalue weighted by Crippen LogP contribution is 2.34. The zero-order chi connectivity index (χ0) is 17.6. The van der Waals surface area contributed by atoms with Crippen LogP contribution in [0.25, 0.3) is 27.5 Å². The van der Waals surface area contributed by atoms with Crippen LogP contribution >= 0.6 is 0 Å². The third kappa shape index (κ3) is 2.17. The van der Waals surface area contributed by atoms with E-state index in [2.05, 4.69) is 0 Å². The molecular weight excluding hydrogens is 318 g/mol. The Morgan fingerprint density at radius 3 is 1.52 bits per heavy atom. The van der Waals surface area contributed by atoms with Crippen LogP contribution in [0.4, 0.5) is 0 Å². The molecule has 0 amide bonds. The zero-order valence-electron chi connectivity index (χ0n) is 13.0. The lowest BCUT2D eigenvalue weighted by Gasteiger charge is -2.14. The van der Waals surface area contributed by atoms with Crippen molar-refractivity contribution in [2.45, 2.75) is 0 Å². The van der Waals surface area contributed by atoms with E-state index in [0.29, 0.717) is 0 Å². The number of nitrogens with zero attached hydrogens (tertiary/aromatic N) is 1. The molecule has 0 saturated heterocycles. The molecule has 0 fully saturated rings. The van der Waals surface area contributed by atoms with Crippen LogP contribution < -0.4 is 0 Å². The average Bonchev–Trinajstić information content (AvgIpc) is 2.95. The van der Waals surface area contributed by atoms with Gasteiger partial charge in [-0.05, 0) is 24.3 Å². The lowest BCUT2D eigenvalue weighted by Crippen LogP contribution is -2.12. The third-order valence-corrected chi connectivity index (χ3v) is 4.30. The van der Waals surface area contributed by atoms with E-state index >= 15 is 0 Å². The molecule has 0 atom stereocenters. The summed E-state index contributed by atoms with van der Waals surface area (Å²) in [5.41, 5.74) is 1.59. The molecule has 0 spiro atoms. The number of carboxylic acid groups (broad SMARTS) is 2. The van der Waals surface area contributed by atoms with E-state index in [1.165, 1.54) is 18.2 Å². The van der Waals surface area contributed by atoms with Gasteiger partial charge in [0.2, 0.25) is 0 Å². The minimum Gasteiger partial charge on any atom is -0.478 e. The highest BCUT2D eigenvalue weighted by molar-refractivity contribution is 6.11. The van der Waals surface area contributed by atoms with E-state index in [9.17, 15) is 19.8 Å². The van der Waals surface area contributed by atoms with Crippen LogP contribution in [0.3, 0.4) is 0 Å². The maximum atomic E-state index is 11.8. The summed E-state index contributed by atoms with van der Waals surface area (Å²) in [7, 11) is 0. The molecule has 2 N–H and O–H groups in total. The number of benzene rings is 3. The first-order valence-electron chi connectivity index (χ1n) is 7.67. The van der Waals surface area contributed by atoms with Crippen LogP contribution in [0.15, 0.2) is 66.7 Å². The largest absolute Gasteiger partial charge is 0.478 e. The molecule has 3 aromatic carbocycles. The van der Waals surface area contributed by atoms with E-state index in [1.54, 1.807) is 4.57 Å². The molecule has 0 radical (unpaired) electrons. The van der Waals surface area contributed by atoms with Crippen molar-refractivity contribution in [3.8, 4) is 5.69 Å². The van der Waals surface area contributed by atoms with Crippen LogP contribution in [0, 0.1) is 0 Å². The predicted molar refractivity (Wildman–Crippen MR) is 94.7 cm³/mol. The number of fused-ring (bicyclic) bond motifs is 3. The zero-order valence-corrected chi connectivity index (χ0v) is 13.0. The Morgan fingerprint density at radius 1 is 0.640 bits per heavy atom. The number of carbonyl (C=O) groups is 2. The standard InChI is InChI=1S/C20H13NO4/c22-19(23)14-8-5-9-15(20(24)25)18(14)21-16-10-3-1-6-12(16)13-7-2-4-11-17(13)21/h1-11H,(H,22,23)(H,24,25). The maximum absolute atomic E-state index is 11.8. The Hall–Kier alpha value is -3.60. The van der Waals surface area contributed by atoms with Gasteiger partial charge in [0.15, 0.2) is 0 Å². The van der Waals surface area contributed by atoms with Crippen molar-refractivity contribution in [1.82, 2.24) is 4.57 Å². The molecule has 0 aliphatic rings. The van der Waals surface area contributed by atoms with Crippen LogP contribution in [0.2, 0.25) is 0 Å². The van der Waals surface area contributed by atoms with Gasteiger partial charge in [0.25, 0.3) is 0 Å². The lowest BCUT2D eigenvalue weighted by atomic mass is 10.1. The van der Waals surface area contributed by atoms with E-state index in [4.69, 9.17) is 0 Å². The van der Waals surface area contributed by atoms with Gasteiger partial charge in [0, 0.05) is 10.8 Å². The number of rotatable bonds is 3. The van der Waals surface area contributed by atoms with Crippen LogP contribution in [0.5, 0.6) is 0 Å². The number of para-hydroxylation sites is 3. The van der Waals surface area contributed by atoms with Gasteiger partial charge in [0.1, 0.15) is 0 Å². The van der Waals surface area contributed by atoms with Gasteiger partial charge in [0.05, 0.1) is 27.8 Å². The molecule has 0 unspecified atom stereocenters. The van der Waals surface area contributed by atoms with Gasteiger partial charge in [-0.1, -0.05) is 42.5 Å². The molecule has 5 nitrogen and oxygen atoms in total. The van der Waals surface area contributed by atoms with Gasteiger partial charge in [-0.15, -0.1) is 0 Å². The summed E-state index contributed by atoms with van der Waals surface area (Å²) in [6.45, 7) is 0. The van der Waals surface area contributed by atoms with Crippen LogP contribution in [-0.2, 0) is 0 Å². The van der Waals surface area contributed by atoms with Crippen molar-refractivity contribution in [3.05, 3.63) is 77.9 Å². The summed E-state index contributed by atoms with van der Waals surface area (Å²) < 4.78 is 1.72. The highest BCUT2D eigenvalue weighted by Gasteiger charge is 2.23. The normalized spacial score (nSPS) is 11.0. The number of carboxylic acids is 2. The smallest absolute Gasteiger partial charge is 0.337 e. The Kier molecular flexibility index (Phi) is 3.28. The number of hydrogen-bond acceptors (Lipinski definition) is 2. The first kappa shape index (κ1) is 15.0. The molecule has 25 heavy (non-hydrogen) atoms. The molecule has 0 aliphatic carbocycles. The fourth-order valence-corrected chi connectivity index (χ4v) is 3.29. The second-order valence-corrected chi connectivity index (χ2v) is 5.68. The van der Waals surface area contributed by atoms with Crippen molar-refractivity contribution in [2.75, 3.05) is 0 Å². The van der Waals surface area contributed by atoms with E-state index < -0.39 is 11.9 Å². The summed E-state index contributed by atoms with van der Waals surface area (Å²) in [6, 6.07) is 19.4.